The summed E-state index contributed by atoms with van der Waals surface area (Å²) < 4.78 is 42.7. The molecular weight excluding hydrogens is 471 g/mol. The van der Waals surface area contributed by atoms with Crippen LogP contribution in [0.15, 0.2) is 35.2 Å². The van der Waals surface area contributed by atoms with Crippen molar-refractivity contribution in [3.8, 4) is 5.75 Å². The van der Waals surface area contributed by atoms with Crippen LogP contribution in [0, 0.1) is 12.7 Å². The molecule has 0 unspecified atom stereocenters. The van der Waals surface area contributed by atoms with Gasteiger partial charge in [0.25, 0.3) is 0 Å². The Labute approximate surface area is 197 Å². The van der Waals surface area contributed by atoms with E-state index in [0.717, 1.165) is 12.8 Å². The highest BCUT2D eigenvalue weighted by atomic mass is 35.5. The monoisotopic (exact) mass is 496 g/mol. The van der Waals surface area contributed by atoms with Gasteiger partial charge in [-0.15, -0.1) is 0 Å². The van der Waals surface area contributed by atoms with E-state index in [9.17, 15) is 22.7 Å². The van der Waals surface area contributed by atoms with E-state index in [-0.39, 0.29) is 28.0 Å². The predicted octanol–water partition coefficient (Wildman–Crippen LogP) is 4.04. The van der Waals surface area contributed by atoms with Gasteiger partial charge in [-0.05, 0) is 63.9 Å². The molecule has 2 heterocycles. The molecule has 2 aromatic carbocycles. The summed E-state index contributed by atoms with van der Waals surface area (Å²) in [5.41, 5.74) is 0.342. The maximum Gasteiger partial charge on any atom is 0.323 e. The molecule has 178 valence electrons. The molecule has 0 spiro atoms. The van der Waals surface area contributed by atoms with Gasteiger partial charge in [-0.25, -0.2) is 22.3 Å². The maximum atomic E-state index is 13.7. The van der Waals surface area contributed by atoms with Crippen LogP contribution in [0.2, 0.25) is 5.02 Å². The summed E-state index contributed by atoms with van der Waals surface area (Å²) in [5, 5.41) is 15.4. The van der Waals surface area contributed by atoms with Crippen LogP contribution >= 0.6 is 11.6 Å². The fourth-order valence-electron chi connectivity index (χ4n) is 4.71. The van der Waals surface area contributed by atoms with Crippen LogP contribution in [0.4, 0.5) is 20.6 Å². The van der Waals surface area contributed by atoms with Crippen LogP contribution in [0.5, 0.6) is 5.75 Å². The number of nitrogens with zero attached hydrogens (tertiary/aromatic N) is 1. The molecule has 2 bridgehead atoms. The first kappa shape index (κ1) is 23.7. The summed E-state index contributed by atoms with van der Waals surface area (Å²) in [6.07, 6.45) is 3.42. The number of halogens is 2. The lowest BCUT2D eigenvalue weighted by Crippen LogP contribution is -2.48. The number of fused-ring (bicyclic) bond motifs is 2. The summed E-state index contributed by atoms with van der Waals surface area (Å²) in [5.74, 6) is -1.15. The first-order valence-corrected chi connectivity index (χ1v) is 12.5. The Bertz CT molecular complexity index is 1180. The second-order valence-electron chi connectivity index (χ2n) is 8.60. The number of benzene rings is 2. The summed E-state index contributed by atoms with van der Waals surface area (Å²) >= 11 is 6.14. The lowest BCUT2D eigenvalue weighted by molar-refractivity contribution is 0.157. The van der Waals surface area contributed by atoms with Crippen LogP contribution < -0.4 is 15.4 Å². The Balaban J connectivity index is 1.52. The largest absolute Gasteiger partial charge is 0.504 e. The van der Waals surface area contributed by atoms with Crippen LogP contribution in [-0.4, -0.2) is 49.6 Å². The van der Waals surface area contributed by atoms with Gasteiger partial charge in [0.15, 0.2) is 5.75 Å². The number of carbonyl (C=O) groups excluding carboxylic acids is 1. The van der Waals surface area contributed by atoms with E-state index < -0.39 is 32.5 Å². The molecule has 0 aromatic heterocycles. The van der Waals surface area contributed by atoms with Crippen molar-refractivity contribution in [3.05, 3.63) is 46.7 Å². The Morgan fingerprint density at radius 1 is 1.12 bits per heavy atom. The lowest BCUT2D eigenvalue weighted by atomic mass is 9.99. The Hall–Kier alpha value is -2.40. The quantitative estimate of drug-likeness (QED) is 0.467. The Morgan fingerprint density at radius 3 is 2.42 bits per heavy atom. The summed E-state index contributed by atoms with van der Waals surface area (Å²) in [4.78, 5) is 14.2. The van der Waals surface area contributed by atoms with Crippen LogP contribution in [0.1, 0.15) is 31.2 Å². The van der Waals surface area contributed by atoms with Crippen molar-refractivity contribution < 1.29 is 22.7 Å². The zero-order chi connectivity index (χ0) is 23.9. The van der Waals surface area contributed by atoms with Gasteiger partial charge in [-0.2, -0.15) is 0 Å². The molecule has 33 heavy (non-hydrogen) atoms. The average molecular weight is 497 g/mol. The van der Waals surface area contributed by atoms with Gasteiger partial charge in [0.1, 0.15) is 10.7 Å². The van der Waals surface area contributed by atoms with Gasteiger partial charge in [0.05, 0.1) is 10.7 Å². The number of rotatable bonds is 5. The highest BCUT2D eigenvalue weighted by molar-refractivity contribution is 7.89. The van der Waals surface area contributed by atoms with E-state index in [1.54, 1.807) is 0 Å². The van der Waals surface area contributed by atoms with Crippen molar-refractivity contribution in [1.29, 1.82) is 0 Å². The first-order chi connectivity index (χ1) is 15.6. The molecule has 11 heteroatoms. The highest BCUT2D eigenvalue weighted by Crippen LogP contribution is 2.39. The van der Waals surface area contributed by atoms with Gasteiger partial charge in [-0.3, -0.25) is 0 Å². The van der Waals surface area contributed by atoms with Crippen molar-refractivity contribution in [2.24, 2.45) is 0 Å². The number of anilines is 2. The number of piperidine rings is 1. The number of hydrogen-bond acceptors (Lipinski definition) is 5. The Morgan fingerprint density at radius 2 is 1.76 bits per heavy atom. The number of amides is 2. The Kier molecular flexibility index (Phi) is 6.54. The van der Waals surface area contributed by atoms with E-state index in [4.69, 9.17) is 11.6 Å². The average Bonchev–Trinajstić information content (AvgIpc) is 2.94. The fraction of sp³-hybridized carbons (Fsp3) is 0.409. The molecule has 0 aliphatic carbocycles. The molecule has 0 saturated carbocycles. The van der Waals surface area contributed by atoms with Gasteiger partial charge in [0.2, 0.25) is 10.0 Å². The molecule has 4 rings (SSSR count). The minimum Gasteiger partial charge on any atom is -0.504 e. The molecule has 2 aliphatic heterocycles. The number of aromatic hydroxyl groups is 1. The van der Waals surface area contributed by atoms with Crippen molar-refractivity contribution in [2.75, 3.05) is 17.7 Å². The normalized spacial score (nSPS) is 22.8. The second kappa shape index (κ2) is 9.09. The van der Waals surface area contributed by atoms with Crippen LogP contribution in [-0.2, 0) is 10.0 Å². The molecule has 2 aliphatic rings. The van der Waals surface area contributed by atoms with Crippen molar-refractivity contribution in [1.82, 2.24) is 9.62 Å². The van der Waals surface area contributed by atoms with Crippen LogP contribution in [0.3, 0.4) is 0 Å². The summed E-state index contributed by atoms with van der Waals surface area (Å²) in [6, 6.07) is 6.43. The molecule has 2 amide bonds. The van der Waals surface area contributed by atoms with E-state index in [0.29, 0.717) is 24.9 Å². The van der Waals surface area contributed by atoms with Crippen molar-refractivity contribution in [2.45, 2.75) is 55.6 Å². The number of nitrogens with one attached hydrogen (secondary N) is 3. The third kappa shape index (κ3) is 4.79. The first-order valence-electron chi connectivity index (χ1n) is 10.7. The molecule has 2 aromatic rings. The topological polar surface area (TPSA) is 111 Å². The molecule has 2 fully saturated rings. The minimum absolute atomic E-state index is 0.144. The zero-order valence-electron chi connectivity index (χ0n) is 18.2. The smallest absolute Gasteiger partial charge is 0.323 e. The predicted molar refractivity (Wildman–Crippen MR) is 125 cm³/mol. The van der Waals surface area contributed by atoms with Gasteiger partial charge >= 0.3 is 6.03 Å². The number of hydrogen-bond donors (Lipinski definition) is 4. The second-order valence-corrected chi connectivity index (χ2v) is 10.7. The fourth-order valence-corrected chi connectivity index (χ4v) is 6.60. The molecule has 4 N–H and O–H groups in total. The number of sulfonamides is 1. The number of carbonyl (C=O) groups is 1. The van der Waals surface area contributed by atoms with Gasteiger partial charge in [0, 0.05) is 29.4 Å². The van der Waals surface area contributed by atoms with Gasteiger partial charge < -0.3 is 20.6 Å². The third-order valence-corrected chi connectivity index (χ3v) is 8.56. The maximum absolute atomic E-state index is 13.7. The van der Waals surface area contributed by atoms with E-state index in [2.05, 4.69) is 27.3 Å². The van der Waals surface area contributed by atoms with E-state index in [1.807, 2.05) is 0 Å². The van der Waals surface area contributed by atoms with Crippen molar-refractivity contribution in [3.63, 3.8) is 0 Å². The molecule has 8 nitrogen and oxygen atoms in total. The number of phenolic OH excluding ortho intramolecular Hbond substituents is 1. The third-order valence-electron chi connectivity index (χ3n) is 6.54. The van der Waals surface area contributed by atoms with E-state index in [1.165, 1.54) is 37.3 Å². The number of phenols is 1. The summed E-state index contributed by atoms with van der Waals surface area (Å²) in [6.45, 7) is 1.51. The molecule has 3 atom stereocenters. The lowest BCUT2D eigenvalue weighted by Gasteiger charge is -2.36. The molecular formula is C22H26ClFN4O4S. The van der Waals surface area contributed by atoms with Crippen LogP contribution in [0.25, 0.3) is 0 Å². The molecule has 0 radical (unpaired) electrons. The SMILES string of the molecule is Cc1c(F)cccc1NC(=O)Nc1ccc(Cl)c(S(=O)(=O)N[C@H]2C[C@H]3CC[C@@H](C2)N3C)c1O. The standard InChI is InChI=1S/C22H26ClFN4O4S/c1-12-17(24)4-3-5-18(12)25-22(30)26-19-9-8-16(23)21(20(19)29)33(31,32)27-13-10-14-6-7-15(11-13)28(14)2/h3-5,8-9,13-15,27,29H,6-7,10-11H2,1-2H3,(H2,25,26,30)/t13-,14+,15-. The van der Waals surface area contributed by atoms with E-state index >= 15 is 0 Å². The zero-order valence-corrected chi connectivity index (χ0v) is 19.8. The van der Waals surface area contributed by atoms with Gasteiger partial charge in [-0.1, -0.05) is 17.7 Å². The van der Waals surface area contributed by atoms with Crippen molar-refractivity contribution >= 4 is 39.0 Å². The summed E-state index contributed by atoms with van der Waals surface area (Å²) in [7, 11) is -2.10. The number of urea groups is 1. The minimum atomic E-state index is -4.16. The molecule has 2 saturated heterocycles. The highest BCUT2D eigenvalue weighted by Gasteiger charge is 2.40.